The summed E-state index contributed by atoms with van der Waals surface area (Å²) in [5.74, 6) is 7.35. The lowest BCUT2D eigenvalue weighted by molar-refractivity contribution is 0.0194. The lowest BCUT2D eigenvalue weighted by Gasteiger charge is -2.27. The van der Waals surface area contributed by atoms with E-state index in [9.17, 15) is 9.59 Å². The largest absolute Gasteiger partial charge is 0.493 e. The Morgan fingerprint density at radius 1 is 1.04 bits per heavy atom. The van der Waals surface area contributed by atoms with Gasteiger partial charge in [0.2, 0.25) is 11.4 Å². The number of nitrogens with zero attached hydrogens (tertiary/aromatic N) is 4. The highest BCUT2D eigenvalue weighted by Crippen LogP contribution is 2.34. The number of benzene rings is 2. The predicted octanol–water partition coefficient (Wildman–Crippen LogP) is 3.96. The zero-order valence-corrected chi connectivity index (χ0v) is 28.0. The van der Waals surface area contributed by atoms with Crippen LogP contribution in [0.15, 0.2) is 47.5 Å². The van der Waals surface area contributed by atoms with Crippen LogP contribution in [0.5, 0.6) is 11.5 Å². The van der Waals surface area contributed by atoms with Crippen LogP contribution < -0.4 is 26.4 Å². The molecule has 1 aliphatic carbocycles. The van der Waals surface area contributed by atoms with Gasteiger partial charge in [0, 0.05) is 61.0 Å². The van der Waals surface area contributed by atoms with Crippen LogP contribution in [0.2, 0.25) is 0 Å². The number of carbonyl (C=O) groups excluding carboxylic acids is 1. The third kappa shape index (κ3) is 7.80. The lowest BCUT2D eigenvalue weighted by atomic mass is 9.94. The second-order valence-corrected chi connectivity index (χ2v) is 12.3. The van der Waals surface area contributed by atoms with Crippen LogP contribution in [-0.4, -0.2) is 79.1 Å². The van der Waals surface area contributed by atoms with E-state index < -0.39 is 5.97 Å². The third-order valence-electron chi connectivity index (χ3n) is 9.16. The topological polar surface area (TPSA) is 157 Å². The van der Waals surface area contributed by atoms with Gasteiger partial charge in [0.05, 0.1) is 38.5 Å². The number of rotatable bonds is 9. The molecule has 2 aliphatic rings. The van der Waals surface area contributed by atoms with E-state index in [1.807, 2.05) is 18.2 Å². The van der Waals surface area contributed by atoms with Gasteiger partial charge in [-0.15, -0.1) is 0 Å². The summed E-state index contributed by atoms with van der Waals surface area (Å²) in [5, 5.41) is 0.461. The van der Waals surface area contributed by atoms with Gasteiger partial charge in [0.25, 0.3) is 0 Å². The first-order valence-electron chi connectivity index (χ1n) is 16.6. The minimum Gasteiger partial charge on any atom is -0.493 e. The molecule has 12 nitrogen and oxygen atoms in total. The Balaban J connectivity index is 1.33. The average Bonchev–Trinajstić information content (AvgIpc) is 3.12. The molecule has 6 rings (SSSR count). The van der Waals surface area contributed by atoms with E-state index in [-0.39, 0.29) is 29.6 Å². The Labute approximate surface area is 285 Å². The van der Waals surface area contributed by atoms with Gasteiger partial charge in [-0.3, -0.25) is 9.69 Å². The number of aromatic nitrogens is 3. The molecule has 12 heteroatoms. The first-order valence-corrected chi connectivity index (χ1v) is 16.6. The standard InChI is InChI=1S/C37H42N6O6/c1-46-32-21-25(19-27-22-40-37(39)41-35(27)38)18-26(34(32)47-2)10-8-24-9-11-29-31(20-24)43(28-6-4-3-5-7-28)23-30(33(29)44)36(45)49-17-14-42-12-15-48-16-13-42/h9,11,18,20-23,28H,3-7,12-17,19H2,1-2H3,(H4,38,39,40,41). The molecular formula is C37H42N6O6. The number of ether oxygens (including phenoxy) is 4. The molecule has 0 radical (unpaired) electrons. The molecule has 2 aromatic carbocycles. The quantitative estimate of drug-likeness (QED) is 0.197. The van der Waals surface area contributed by atoms with Gasteiger partial charge in [-0.2, -0.15) is 4.98 Å². The summed E-state index contributed by atoms with van der Waals surface area (Å²) in [4.78, 5) is 37.3. The van der Waals surface area contributed by atoms with E-state index in [1.54, 1.807) is 38.7 Å². The van der Waals surface area contributed by atoms with Crippen LogP contribution >= 0.6 is 0 Å². The predicted molar refractivity (Wildman–Crippen MR) is 187 cm³/mol. The molecule has 3 heterocycles. The van der Waals surface area contributed by atoms with Crippen molar-refractivity contribution in [1.29, 1.82) is 0 Å². The van der Waals surface area contributed by atoms with Crippen molar-refractivity contribution in [2.24, 2.45) is 0 Å². The van der Waals surface area contributed by atoms with Crippen LogP contribution in [0.1, 0.15) is 70.8 Å². The molecule has 0 atom stereocenters. The Bertz CT molecular complexity index is 1950. The van der Waals surface area contributed by atoms with Gasteiger partial charge in [0.15, 0.2) is 11.5 Å². The molecule has 4 aromatic rings. The van der Waals surface area contributed by atoms with Crippen molar-refractivity contribution >= 4 is 28.6 Å². The third-order valence-corrected chi connectivity index (χ3v) is 9.16. The number of esters is 1. The van der Waals surface area contributed by atoms with E-state index in [0.717, 1.165) is 55.4 Å². The molecule has 2 fully saturated rings. The maximum atomic E-state index is 13.7. The van der Waals surface area contributed by atoms with Crippen LogP contribution in [0.4, 0.5) is 11.8 Å². The van der Waals surface area contributed by atoms with Crippen molar-refractivity contribution in [3.63, 3.8) is 0 Å². The SMILES string of the molecule is COc1cc(Cc2cnc(N)nc2N)cc(C#Cc2ccc3c(=O)c(C(=O)OCCN4CCOCC4)cn(C4CCCCC4)c3c2)c1OC. The number of pyridine rings is 1. The Morgan fingerprint density at radius 2 is 1.84 bits per heavy atom. The van der Waals surface area contributed by atoms with E-state index in [1.165, 1.54) is 6.42 Å². The van der Waals surface area contributed by atoms with E-state index >= 15 is 0 Å². The number of morpholine rings is 1. The van der Waals surface area contributed by atoms with Crippen molar-refractivity contribution in [3.8, 4) is 23.3 Å². The average molecular weight is 667 g/mol. The first-order chi connectivity index (χ1) is 23.8. The minimum atomic E-state index is -0.596. The lowest BCUT2D eigenvalue weighted by Crippen LogP contribution is -2.38. The normalized spacial score (nSPS) is 15.4. The van der Waals surface area contributed by atoms with Crippen LogP contribution in [-0.2, 0) is 15.9 Å². The molecule has 2 aromatic heterocycles. The Morgan fingerprint density at radius 3 is 2.57 bits per heavy atom. The fraction of sp³-hybridized carbons (Fsp3) is 0.405. The van der Waals surface area contributed by atoms with Crippen molar-refractivity contribution in [3.05, 3.63) is 80.8 Å². The van der Waals surface area contributed by atoms with Gasteiger partial charge < -0.3 is 35.0 Å². The zero-order chi connectivity index (χ0) is 34.3. The summed E-state index contributed by atoms with van der Waals surface area (Å²) >= 11 is 0. The molecule has 0 spiro atoms. The second kappa shape index (κ2) is 15.4. The van der Waals surface area contributed by atoms with Crippen molar-refractivity contribution in [2.45, 2.75) is 44.6 Å². The fourth-order valence-corrected chi connectivity index (χ4v) is 6.55. The van der Waals surface area contributed by atoms with Crippen molar-refractivity contribution < 1.29 is 23.7 Å². The summed E-state index contributed by atoms with van der Waals surface area (Å²) < 4.78 is 24.4. The van der Waals surface area contributed by atoms with Gasteiger partial charge in [-0.05, 0) is 48.7 Å². The van der Waals surface area contributed by atoms with Crippen molar-refractivity contribution in [2.75, 3.05) is 65.1 Å². The minimum absolute atomic E-state index is 0.0553. The van der Waals surface area contributed by atoms with E-state index in [0.29, 0.717) is 60.0 Å². The highest BCUT2D eigenvalue weighted by molar-refractivity contribution is 5.94. The molecular weight excluding hydrogens is 624 g/mol. The Kier molecular flexibility index (Phi) is 10.6. The summed E-state index contributed by atoms with van der Waals surface area (Å²) in [6.07, 6.45) is 9.01. The number of carbonyl (C=O) groups is 1. The number of fused-ring (bicyclic) bond motifs is 1. The molecule has 0 amide bonds. The summed E-state index contributed by atoms with van der Waals surface area (Å²) in [5.41, 5.74) is 15.1. The molecule has 49 heavy (non-hydrogen) atoms. The number of hydrogen-bond donors (Lipinski definition) is 2. The molecule has 0 unspecified atom stereocenters. The van der Waals surface area contributed by atoms with E-state index in [4.69, 9.17) is 30.4 Å². The van der Waals surface area contributed by atoms with Crippen molar-refractivity contribution in [1.82, 2.24) is 19.4 Å². The highest BCUT2D eigenvalue weighted by Gasteiger charge is 2.23. The molecule has 1 saturated carbocycles. The summed E-state index contributed by atoms with van der Waals surface area (Å²) in [6, 6.07) is 9.42. The molecule has 256 valence electrons. The maximum Gasteiger partial charge on any atom is 0.343 e. The first kappa shape index (κ1) is 33.8. The number of hydrogen-bond acceptors (Lipinski definition) is 11. The molecule has 1 saturated heterocycles. The molecule has 0 bridgehead atoms. The van der Waals surface area contributed by atoms with Crippen LogP contribution in [0.3, 0.4) is 0 Å². The highest BCUT2D eigenvalue weighted by atomic mass is 16.5. The number of nitrogens with two attached hydrogens (primary N) is 2. The smallest absolute Gasteiger partial charge is 0.343 e. The van der Waals surface area contributed by atoms with Crippen LogP contribution in [0, 0.1) is 11.8 Å². The molecule has 4 N–H and O–H groups in total. The van der Waals surface area contributed by atoms with Gasteiger partial charge in [0.1, 0.15) is 18.0 Å². The number of anilines is 2. The number of methoxy groups -OCH3 is 2. The summed E-state index contributed by atoms with van der Waals surface area (Å²) in [6.45, 7) is 3.75. The monoisotopic (exact) mass is 666 g/mol. The Hall–Kier alpha value is -5.12. The fourth-order valence-electron chi connectivity index (χ4n) is 6.55. The molecule has 1 aliphatic heterocycles. The number of nitrogen functional groups attached to an aromatic ring is 2. The van der Waals surface area contributed by atoms with E-state index in [2.05, 4.69) is 31.3 Å². The van der Waals surface area contributed by atoms with Gasteiger partial charge in [-0.25, -0.2) is 9.78 Å². The summed E-state index contributed by atoms with van der Waals surface area (Å²) in [7, 11) is 3.14. The zero-order valence-electron chi connectivity index (χ0n) is 28.0. The second-order valence-electron chi connectivity index (χ2n) is 12.3. The maximum absolute atomic E-state index is 13.7. The van der Waals surface area contributed by atoms with Gasteiger partial charge >= 0.3 is 5.97 Å². The van der Waals surface area contributed by atoms with Crippen LogP contribution in [0.25, 0.3) is 10.9 Å². The van der Waals surface area contributed by atoms with Gasteiger partial charge in [-0.1, -0.05) is 31.1 Å².